The number of benzene rings is 1. The quantitative estimate of drug-likeness (QED) is 0.455. The van der Waals surface area contributed by atoms with E-state index in [-0.39, 0.29) is 23.5 Å². The Morgan fingerprint density at radius 3 is 2.68 bits per heavy atom. The van der Waals surface area contributed by atoms with Crippen molar-refractivity contribution in [3.63, 3.8) is 0 Å². The van der Waals surface area contributed by atoms with E-state index in [1.165, 1.54) is 26.2 Å². The van der Waals surface area contributed by atoms with Crippen LogP contribution in [0.15, 0.2) is 29.3 Å². The van der Waals surface area contributed by atoms with Gasteiger partial charge in [0.2, 0.25) is 17.7 Å². The van der Waals surface area contributed by atoms with Crippen LogP contribution in [0.2, 0.25) is 0 Å². The number of methoxy groups -OCH3 is 1. The molecule has 0 saturated carbocycles. The van der Waals surface area contributed by atoms with Crippen LogP contribution >= 0.6 is 11.6 Å². The van der Waals surface area contributed by atoms with Gasteiger partial charge in [0.15, 0.2) is 0 Å². The summed E-state index contributed by atoms with van der Waals surface area (Å²) in [7, 11) is 1.36. The molecule has 9 nitrogen and oxygen atoms in total. The van der Waals surface area contributed by atoms with E-state index in [0.29, 0.717) is 11.5 Å². The van der Waals surface area contributed by atoms with Crippen LogP contribution in [0.25, 0.3) is 0 Å². The number of carbonyl (C=O) groups is 3. The van der Waals surface area contributed by atoms with E-state index in [2.05, 4.69) is 5.32 Å². The van der Waals surface area contributed by atoms with E-state index in [1.54, 1.807) is 6.08 Å². The van der Waals surface area contributed by atoms with E-state index in [4.69, 9.17) is 16.3 Å². The van der Waals surface area contributed by atoms with E-state index < -0.39 is 40.5 Å². The number of fused-ring (bicyclic) bond motifs is 1. The number of allylic oxidation sites excluding steroid dienone is 2. The lowest BCUT2D eigenvalue weighted by molar-refractivity contribution is -0.384. The van der Waals surface area contributed by atoms with E-state index in [9.17, 15) is 24.5 Å². The first kappa shape index (κ1) is 19.8. The Labute approximate surface area is 165 Å². The fourth-order valence-electron chi connectivity index (χ4n) is 3.50. The van der Waals surface area contributed by atoms with Gasteiger partial charge in [-0.2, -0.15) is 0 Å². The maximum Gasteiger partial charge on any atom is 0.271 e. The number of likely N-dealkylation sites (tertiary alicyclic amines) is 1. The molecule has 28 heavy (non-hydrogen) atoms. The van der Waals surface area contributed by atoms with Crippen molar-refractivity contribution in [3.05, 3.63) is 39.4 Å². The van der Waals surface area contributed by atoms with Gasteiger partial charge in [0.05, 0.1) is 29.6 Å². The molecule has 0 bridgehead atoms. The number of imide groups is 1. The number of anilines is 1. The largest absolute Gasteiger partial charge is 0.495 e. The first-order chi connectivity index (χ1) is 13.2. The molecule has 3 atom stereocenters. The number of halogens is 1. The van der Waals surface area contributed by atoms with Crippen molar-refractivity contribution in [2.75, 3.05) is 12.4 Å². The molecule has 1 N–H and O–H groups in total. The molecular weight excluding hydrogens is 390 g/mol. The van der Waals surface area contributed by atoms with E-state index in [1.807, 2.05) is 0 Å². The fraction of sp³-hybridized carbons (Fsp3) is 0.389. The first-order valence-corrected chi connectivity index (χ1v) is 8.97. The van der Waals surface area contributed by atoms with Crippen molar-refractivity contribution in [2.24, 2.45) is 11.8 Å². The van der Waals surface area contributed by atoms with Crippen molar-refractivity contribution in [3.8, 4) is 5.75 Å². The molecule has 10 heteroatoms. The molecule has 1 aliphatic carbocycles. The minimum atomic E-state index is -1.09. The van der Waals surface area contributed by atoms with Gasteiger partial charge in [-0.25, -0.2) is 0 Å². The summed E-state index contributed by atoms with van der Waals surface area (Å²) in [4.78, 5) is 49.4. The number of rotatable bonds is 5. The summed E-state index contributed by atoms with van der Waals surface area (Å²) in [6.07, 6.45) is 2.36. The number of ether oxygens (including phenoxy) is 1. The summed E-state index contributed by atoms with van der Waals surface area (Å²) in [5, 5.41) is 14.0. The molecule has 1 aromatic carbocycles. The average Bonchev–Trinajstić information content (AvgIpc) is 2.90. The molecule has 1 fully saturated rings. The van der Waals surface area contributed by atoms with Crippen molar-refractivity contribution >= 4 is 40.7 Å². The lowest BCUT2D eigenvalue weighted by Crippen LogP contribution is -2.46. The molecule has 148 valence electrons. The lowest BCUT2D eigenvalue weighted by atomic mass is 9.85. The number of hydrogen-bond donors (Lipinski definition) is 1. The Morgan fingerprint density at radius 1 is 1.36 bits per heavy atom. The molecule has 0 spiro atoms. The molecule has 0 radical (unpaired) electrons. The third kappa shape index (κ3) is 3.45. The highest BCUT2D eigenvalue weighted by atomic mass is 35.5. The van der Waals surface area contributed by atoms with Gasteiger partial charge in [0.25, 0.3) is 5.69 Å². The Hall–Kier alpha value is -2.94. The second kappa shape index (κ2) is 7.59. The van der Waals surface area contributed by atoms with E-state index in [0.717, 1.165) is 11.0 Å². The maximum atomic E-state index is 12.7. The molecular formula is C18H18ClN3O6. The molecule has 3 amide bonds. The molecule has 0 aromatic heterocycles. The van der Waals surface area contributed by atoms with Gasteiger partial charge in [-0.3, -0.25) is 29.4 Å². The van der Waals surface area contributed by atoms with Gasteiger partial charge < -0.3 is 10.1 Å². The average molecular weight is 408 g/mol. The van der Waals surface area contributed by atoms with Crippen LogP contribution in [-0.2, 0) is 14.4 Å². The van der Waals surface area contributed by atoms with E-state index >= 15 is 0 Å². The third-order valence-corrected chi connectivity index (χ3v) is 5.33. The van der Waals surface area contributed by atoms with Gasteiger partial charge in [0, 0.05) is 17.2 Å². The molecule has 1 aromatic rings. The minimum Gasteiger partial charge on any atom is -0.495 e. The van der Waals surface area contributed by atoms with Crippen molar-refractivity contribution in [1.29, 1.82) is 0 Å². The first-order valence-electron chi connectivity index (χ1n) is 8.59. The van der Waals surface area contributed by atoms with Crippen LogP contribution < -0.4 is 10.1 Å². The SMILES string of the molecule is COc1ccc([N+](=O)[O-])cc1NC(=O)[C@H](C)N1C(=O)[C@H]2CC(Cl)=CC[C@H]2C1=O. The summed E-state index contributed by atoms with van der Waals surface area (Å²) in [5.74, 6) is -2.36. The fourth-order valence-corrected chi connectivity index (χ4v) is 3.75. The molecule has 1 aliphatic heterocycles. The molecule has 1 heterocycles. The van der Waals surface area contributed by atoms with Gasteiger partial charge in [-0.05, 0) is 25.8 Å². The smallest absolute Gasteiger partial charge is 0.271 e. The number of amides is 3. The zero-order valence-corrected chi connectivity index (χ0v) is 15.9. The van der Waals surface area contributed by atoms with Gasteiger partial charge in [-0.1, -0.05) is 17.7 Å². The zero-order chi connectivity index (χ0) is 20.6. The standard InChI is InChI=1S/C18H18ClN3O6/c1-9(21-17(24)12-5-3-10(19)7-13(12)18(21)25)16(23)20-14-8-11(22(26)27)4-6-15(14)28-2/h3-4,6,8-9,12-13H,5,7H2,1-2H3,(H,20,23)/t9-,12+,13-/m0/s1. The Morgan fingerprint density at radius 2 is 2.04 bits per heavy atom. The van der Waals surface area contributed by atoms with Crippen LogP contribution in [0.5, 0.6) is 5.75 Å². The van der Waals surface area contributed by atoms with Gasteiger partial charge in [-0.15, -0.1) is 0 Å². The summed E-state index contributed by atoms with van der Waals surface area (Å²) in [6, 6.07) is 2.66. The Bertz CT molecular complexity index is 899. The lowest BCUT2D eigenvalue weighted by Gasteiger charge is -2.22. The van der Waals surface area contributed by atoms with Crippen molar-refractivity contribution < 1.29 is 24.0 Å². The number of nitrogens with one attached hydrogen (secondary N) is 1. The topological polar surface area (TPSA) is 119 Å². The minimum absolute atomic E-state index is 0.0785. The van der Waals surface area contributed by atoms with Crippen LogP contribution in [0.1, 0.15) is 19.8 Å². The predicted molar refractivity (Wildman–Crippen MR) is 99.7 cm³/mol. The second-order valence-corrected chi connectivity index (χ2v) is 7.14. The summed E-state index contributed by atoms with van der Waals surface area (Å²) in [5.41, 5.74) is -0.154. The molecule has 3 rings (SSSR count). The molecule has 2 aliphatic rings. The highest BCUT2D eigenvalue weighted by Crippen LogP contribution is 2.40. The van der Waals surface area contributed by atoms with Gasteiger partial charge in [0.1, 0.15) is 11.8 Å². The number of nitro groups is 1. The normalized spacial score (nSPS) is 22.4. The van der Waals surface area contributed by atoms with Crippen LogP contribution in [0.4, 0.5) is 11.4 Å². The monoisotopic (exact) mass is 407 g/mol. The Kier molecular flexibility index (Phi) is 5.37. The third-order valence-electron chi connectivity index (χ3n) is 5.02. The Balaban J connectivity index is 1.80. The van der Waals surface area contributed by atoms with Crippen molar-refractivity contribution in [2.45, 2.75) is 25.8 Å². The van der Waals surface area contributed by atoms with Crippen LogP contribution in [0, 0.1) is 22.0 Å². The molecule has 1 saturated heterocycles. The number of carbonyl (C=O) groups excluding carboxylic acids is 3. The highest BCUT2D eigenvalue weighted by molar-refractivity contribution is 6.30. The highest BCUT2D eigenvalue weighted by Gasteiger charge is 2.51. The number of nitrogens with zero attached hydrogens (tertiary/aromatic N) is 2. The van der Waals surface area contributed by atoms with Gasteiger partial charge >= 0.3 is 0 Å². The molecule has 0 unspecified atom stereocenters. The number of hydrogen-bond acceptors (Lipinski definition) is 6. The predicted octanol–water partition coefficient (Wildman–Crippen LogP) is 2.45. The zero-order valence-electron chi connectivity index (χ0n) is 15.2. The number of nitro benzene ring substituents is 1. The maximum absolute atomic E-state index is 12.7. The second-order valence-electron chi connectivity index (χ2n) is 6.66. The van der Waals surface area contributed by atoms with Crippen molar-refractivity contribution in [1.82, 2.24) is 4.90 Å². The summed E-state index contributed by atoms with van der Waals surface area (Å²) in [6.45, 7) is 1.43. The number of non-ortho nitro benzene ring substituents is 1. The van der Waals surface area contributed by atoms with Crippen LogP contribution in [0.3, 0.4) is 0 Å². The summed E-state index contributed by atoms with van der Waals surface area (Å²) < 4.78 is 5.11. The van der Waals surface area contributed by atoms with Crippen LogP contribution in [-0.4, -0.2) is 40.7 Å². The summed E-state index contributed by atoms with van der Waals surface area (Å²) >= 11 is 6.00.